The Morgan fingerprint density at radius 1 is 1.17 bits per heavy atom. The fourth-order valence-corrected chi connectivity index (χ4v) is 4.65. The van der Waals surface area contributed by atoms with Crippen molar-refractivity contribution in [3.8, 4) is 11.4 Å². The molecule has 0 spiro atoms. The van der Waals surface area contributed by atoms with Gasteiger partial charge in [0.1, 0.15) is 6.33 Å². The summed E-state index contributed by atoms with van der Waals surface area (Å²) in [7, 11) is -1.95. The van der Waals surface area contributed by atoms with E-state index in [1.54, 1.807) is 46.1 Å². The van der Waals surface area contributed by atoms with Crippen LogP contribution in [0.25, 0.3) is 11.4 Å². The first-order valence-electron chi connectivity index (χ1n) is 9.23. The van der Waals surface area contributed by atoms with Crippen molar-refractivity contribution in [2.45, 2.75) is 24.7 Å². The summed E-state index contributed by atoms with van der Waals surface area (Å²) >= 11 is 0. The number of hydrogen-bond acceptors (Lipinski definition) is 5. The lowest BCUT2D eigenvalue weighted by atomic mass is 10.0. The second-order valence-corrected chi connectivity index (χ2v) is 8.70. The van der Waals surface area contributed by atoms with Crippen LogP contribution in [0.3, 0.4) is 0 Å². The zero-order valence-electron chi connectivity index (χ0n) is 16.2. The van der Waals surface area contributed by atoms with Gasteiger partial charge in [-0.15, -0.1) is 10.2 Å². The molecule has 0 saturated carbocycles. The summed E-state index contributed by atoms with van der Waals surface area (Å²) in [6.45, 7) is 2.17. The highest BCUT2D eigenvalue weighted by atomic mass is 32.2. The van der Waals surface area contributed by atoms with Crippen LogP contribution in [0.5, 0.6) is 0 Å². The van der Waals surface area contributed by atoms with E-state index in [1.807, 2.05) is 13.1 Å². The van der Waals surface area contributed by atoms with Crippen LogP contribution in [-0.2, 0) is 28.3 Å². The van der Waals surface area contributed by atoms with Crippen molar-refractivity contribution in [2.75, 3.05) is 16.2 Å². The number of nitrogens with one attached hydrogen (secondary N) is 1. The van der Waals surface area contributed by atoms with Gasteiger partial charge in [0.25, 0.3) is 10.0 Å². The summed E-state index contributed by atoms with van der Waals surface area (Å²) in [5.74, 6) is 0.601. The average Bonchev–Trinajstić information content (AvgIpc) is 3.12. The van der Waals surface area contributed by atoms with Crippen molar-refractivity contribution in [3.05, 3.63) is 54.4 Å². The molecule has 0 atom stereocenters. The molecule has 0 radical (unpaired) electrons. The molecule has 1 N–H and O–H groups in total. The van der Waals surface area contributed by atoms with Gasteiger partial charge in [-0.1, -0.05) is 12.1 Å². The van der Waals surface area contributed by atoms with Gasteiger partial charge >= 0.3 is 0 Å². The lowest BCUT2D eigenvalue weighted by Crippen LogP contribution is -2.33. The minimum atomic E-state index is -3.78. The molecule has 2 heterocycles. The van der Waals surface area contributed by atoms with Gasteiger partial charge in [-0.3, -0.25) is 9.52 Å². The summed E-state index contributed by atoms with van der Waals surface area (Å²) in [5.41, 5.74) is 2.84. The van der Waals surface area contributed by atoms with E-state index < -0.39 is 10.0 Å². The molecule has 0 fully saturated rings. The molecule has 3 aromatic rings. The number of aryl methyl sites for hydroxylation is 2. The third-order valence-electron chi connectivity index (χ3n) is 4.94. The number of hydrogen-bond donors (Lipinski definition) is 1. The second kappa shape index (κ2) is 7.32. The monoisotopic (exact) mass is 411 g/mol. The predicted molar refractivity (Wildman–Crippen MR) is 110 cm³/mol. The highest BCUT2D eigenvalue weighted by molar-refractivity contribution is 7.92. The summed E-state index contributed by atoms with van der Waals surface area (Å²) < 4.78 is 30.3. The Hall–Kier alpha value is -3.20. The first-order valence-corrected chi connectivity index (χ1v) is 10.7. The van der Waals surface area contributed by atoms with Gasteiger partial charge < -0.3 is 9.47 Å². The maximum atomic E-state index is 12.9. The first-order chi connectivity index (χ1) is 13.8. The molecule has 9 heteroatoms. The molecule has 0 unspecified atom stereocenters. The Morgan fingerprint density at radius 2 is 2.00 bits per heavy atom. The molecular formula is C20H21N5O3S. The quantitative estimate of drug-likeness (QED) is 0.712. The van der Waals surface area contributed by atoms with Crippen LogP contribution in [0, 0.1) is 0 Å². The fourth-order valence-electron chi connectivity index (χ4n) is 3.55. The maximum absolute atomic E-state index is 12.9. The van der Waals surface area contributed by atoms with Crippen LogP contribution in [0.4, 0.5) is 11.4 Å². The Balaban J connectivity index is 1.63. The highest BCUT2D eigenvalue weighted by Gasteiger charge is 2.23. The average molecular weight is 411 g/mol. The molecule has 0 saturated heterocycles. The standard InChI is InChI=1S/C20H21N5O3S/c1-14(26)25-10-4-6-15-12-18(8-9-19(15)25)29(27,28)23-17-7-3-5-16(11-17)20-22-21-13-24(20)2/h3,5,7-9,11-13,23H,4,6,10H2,1-2H3. The van der Waals surface area contributed by atoms with Crippen LogP contribution < -0.4 is 9.62 Å². The topological polar surface area (TPSA) is 97.2 Å². The number of carbonyl (C=O) groups is 1. The molecule has 8 nitrogen and oxygen atoms in total. The molecule has 1 aliphatic rings. The first kappa shape index (κ1) is 19.1. The Morgan fingerprint density at radius 3 is 2.72 bits per heavy atom. The van der Waals surface area contributed by atoms with E-state index in [9.17, 15) is 13.2 Å². The number of anilines is 2. The second-order valence-electron chi connectivity index (χ2n) is 7.02. The summed E-state index contributed by atoms with van der Waals surface area (Å²) in [6.07, 6.45) is 3.14. The predicted octanol–water partition coefficient (Wildman–Crippen LogP) is 2.58. The largest absolute Gasteiger partial charge is 0.317 e. The smallest absolute Gasteiger partial charge is 0.261 e. The van der Waals surface area contributed by atoms with Crippen LogP contribution >= 0.6 is 0 Å². The Kier molecular flexibility index (Phi) is 4.83. The van der Waals surface area contributed by atoms with Gasteiger partial charge in [-0.25, -0.2) is 8.42 Å². The van der Waals surface area contributed by atoms with E-state index >= 15 is 0 Å². The van der Waals surface area contributed by atoms with E-state index in [0.717, 1.165) is 29.7 Å². The van der Waals surface area contributed by atoms with Crippen molar-refractivity contribution >= 4 is 27.3 Å². The van der Waals surface area contributed by atoms with Gasteiger partial charge in [0.2, 0.25) is 5.91 Å². The normalized spacial score (nSPS) is 13.8. The lowest BCUT2D eigenvalue weighted by Gasteiger charge is -2.28. The van der Waals surface area contributed by atoms with E-state index in [-0.39, 0.29) is 10.8 Å². The zero-order chi connectivity index (χ0) is 20.6. The zero-order valence-corrected chi connectivity index (χ0v) is 17.0. The minimum Gasteiger partial charge on any atom is -0.317 e. The Bertz CT molecular complexity index is 1190. The Labute approximate surface area is 169 Å². The van der Waals surface area contributed by atoms with Gasteiger partial charge in [0.05, 0.1) is 4.90 Å². The molecule has 4 rings (SSSR count). The van der Waals surface area contributed by atoms with Crippen molar-refractivity contribution in [2.24, 2.45) is 7.05 Å². The highest BCUT2D eigenvalue weighted by Crippen LogP contribution is 2.30. The van der Waals surface area contributed by atoms with Gasteiger partial charge in [-0.2, -0.15) is 0 Å². The minimum absolute atomic E-state index is 0.0414. The molecule has 0 aliphatic carbocycles. The van der Waals surface area contributed by atoms with Gasteiger partial charge in [0, 0.05) is 37.5 Å². The number of fused-ring (bicyclic) bond motifs is 1. The van der Waals surface area contributed by atoms with E-state index in [1.165, 1.54) is 13.0 Å². The number of amides is 1. The van der Waals surface area contributed by atoms with Crippen LogP contribution in [0.15, 0.2) is 53.7 Å². The number of aromatic nitrogens is 3. The third-order valence-corrected chi connectivity index (χ3v) is 6.32. The number of carbonyl (C=O) groups excluding carboxylic acids is 1. The SMILES string of the molecule is CC(=O)N1CCCc2cc(S(=O)(=O)Nc3cccc(-c4nncn4C)c3)ccc21. The summed E-state index contributed by atoms with van der Waals surface area (Å²) in [4.78, 5) is 13.7. The maximum Gasteiger partial charge on any atom is 0.261 e. The molecule has 29 heavy (non-hydrogen) atoms. The number of benzene rings is 2. The van der Waals surface area contributed by atoms with Crippen molar-refractivity contribution in [3.63, 3.8) is 0 Å². The molecule has 150 valence electrons. The molecule has 1 amide bonds. The van der Waals surface area contributed by atoms with Gasteiger partial charge in [-0.05, 0) is 48.7 Å². The van der Waals surface area contributed by atoms with Crippen molar-refractivity contribution in [1.29, 1.82) is 0 Å². The number of sulfonamides is 1. The molecule has 2 aromatic carbocycles. The lowest BCUT2D eigenvalue weighted by molar-refractivity contribution is -0.116. The molecular weight excluding hydrogens is 390 g/mol. The fraction of sp³-hybridized carbons (Fsp3) is 0.250. The van der Waals surface area contributed by atoms with Crippen LogP contribution in [0.1, 0.15) is 18.9 Å². The van der Waals surface area contributed by atoms with Gasteiger partial charge in [0.15, 0.2) is 5.82 Å². The van der Waals surface area contributed by atoms with E-state index in [2.05, 4.69) is 14.9 Å². The molecule has 1 aromatic heterocycles. The summed E-state index contributed by atoms with van der Waals surface area (Å²) in [6, 6.07) is 11.9. The number of nitrogens with zero attached hydrogens (tertiary/aromatic N) is 4. The molecule has 1 aliphatic heterocycles. The number of rotatable bonds is 4. The van der Waals surface area contributed by atoms with E-state index in [4.69, 9.17) is 0 Å². The third kappa shape index (κ3) is 3.73. The van der Waals surface area contributed by atoms with Crippen molar-refractivity contribution in [1.82, 2.24) is 14.8 Å². The van der Waals surface area contributed by atoms with E-state index in [0.29, 0.717) is 18.1 Å². The van der Waals surface area contributed by atoms with Crippen LogP contribution in [-0.4, -0.2) is 35.6 Å². The van der Waals surface area contributed by atoms with Crippen molar-refractivity contribution < 1.29 is 13.2 Å². The summed E-state index contributed by atoms with van der Waals surface area (Å²) in [5, 5.41) is 7.91. The van der Waals surface area contributed by atoms with Crippen LogP contribution in [0.2, 0.25) is 0 Å². The molecule has 0 bridgehead atoms.